The number of allylic oxidation sites excluding steroid dienone is 1. The molecule has 2 saturated heterocycles. The highest BCUT2D eigenvalue weighted by atomic mass is 19.4. The zero-order valence-corrected chi connectivity index (χ0v) is 11.2. The minimum Gasteiger partial charge on any atom is -0.354 e. The summed E-state index contributed by atoms with van der Waals surface area (Å²) < 4.78 is 85.2. The number of alkyl halides is 6. The van der Waals surface area contributed by atoms with E-state index in [1.807, 2.05) is 0 Å². The van der Waals surface area contributed by atoms with Crippen LogP contribution < -0.4 is 0 Å². The van der Waals surface area contributed by atoms with Gasteiger partial charge in [0.25, 0.3) is 5.60 Å². The molecule has 2 aliphatic heterocycles. The molecule has 0 radical (unpaired) electrons. The van der Waals surface area contributed by atoms with Gasteiger partial charge in [-0.15, -0.1) is 6.58 Å². The maximum atomic E-state index is 13.4. The van der Waals surface area contributed by atoms with Crippen molar-refractivity contribution in [3.05, 3.63) is 12.7 Å². The first-order valence-corrected chi connectivity index (χ1v) is 6.98. The lowest BCUT2D eigenvalue weighted by Crippen LogP contribution is -2.63. The third-order valence-corrected chi connectivity index (χ3v) is 5.40. The van der Waals surface area contributed by atoms with Crippen molar-refractivity contribution in [2.24, 2.45) is 17.3 Å². The van der Waals surface area contributed by atoms with Gasteiger partial charge in [-0.3, -0.25) is 0 Å². The van der Waals surface area contributed by atoms with E-state index in [0.717, 1.165) is 0 Å². The van der Waals surface area contributed by atoms with E-state index in [2.05, 4.69) is 6.58 Å². The Balaban J connectivity index is 2.14. The maximum absolute atomic E-state index is 13.4. The molecular formula is C14H16F6O. The summed E-state index contributed by atoms with van der Waals surface area (Å²) in [4.78, 5) is 0. The molecule has 0 N–H and O–H groups in total. The molecule has 4 bridgehead atoms. The van der Waals surface area contributed by atoms with Gasteiger partial charge >= 0.3 is 12.4 Å². The fourth-order valence-electron chi connectivity index (χ4n) is 4.74. The number of ether oxygens (including phenoxy) is 1. The predicted molar refractivity (Wildman–Crippen MR) is 62.4 cm³/mol. The van der Waals surface area contributed by atoms with Crippen molar-refractivity contribution in [3.8, 4) is 0 Å². The minimum absolute atomic E-state index is 0.0783. The fourth-order valence-corrected chi connectivity index (χ4v) is 4.74. The molecule has 4 unspecified atom stereocenters. The zero-order valence-electron chi connectivity index (χ0n) is 11.2. The summed E-state index contributed by atoms with van der Waals surface area (Å²) in [5.41, 5.74) is -4.67. The van der Waals surface area contributed by atoms with Gasteiger partial charge in [-0.2, -0.15) is 26.3 Å². The Morgan fingerprint density at radius 1 is 0.952 bits per heavy atom. The molecule has 4 fully saturated rings. The van der Waals surface area contributed by atoms with Crippen molar-refractivity contribution < 1.29 is 31.1 Å². The van der Waals surface area contributed by atoms with Crippen molar-refractivity contribution in [3.63, 3.8) is 0 Å². The number of halogens is 6. The summed E-state index contributed by atoms with van der Waals surface area (Å²) in [6.45, 7) is 3.65. The molecule has 4 aliphatic rings. The molecule has 2 aliphatic carbocycles. The van der Waals surface area contributed by atoms with Crippen LogP contribution in [-0.4, -0.2) is 24.1 Å². The smallest absolute Gasteiger partial charge is 0.354 e. The average molecular weight is 314 g/mol. The largest absolute Gasteiger partial charge is 0.426 e. The quantitative estimate of drug-likeness (QED) is 0.506. The zero-order chi connectivity index (χ0) is 15.7. The minimum atomic E-state index is -5.46. The van der Waals surface area contributed by atoms with Crippen LogP contribution in [0.25, 0.3) is 0 Å². The van der Waals surface area contributed by atoms with Gasteiger partial charge in [0, 0.05) is 5.92 Å². The molecular weight excluding hydrogens is 298 g/mol. The van der Waals surface area contributed by atoms with Crippen LogP contribution in [-0.2, 0) is 4.74 Å². The summed E-state index contributed by atoms with van der Waals surface area (Å²) in [6, 6.07) is 0. The van der Waals surface area contributed by atoms with E-state index < -0.39 is 35.4 Å². The van der Waals surface area contributed by atoms with Crippen molar-refractivity contribution in [2.75, 3.05) is 0 Å². The summed E-state index contributed by atoms with van der Waals surface area (Å²) in [7, 11) is 0. The molecule has 21 heavy (non-hydrogen) atoms. The molecule has 0 aromatic rings. The number of rotatable bonds is 1. The van der Waals surface area contributed by atoms with E-state index >= 15 is 0 Å². The van der Waals surface area contributed by atoms with E-state index in [-0.39, 0.29) is 31.6 Å². The summed E-state index contributed by atoms with van der Waals surface area (Å²) >= 11 is 0. The van der Waals surface area contributed by atoms with E-state index in [4.69, 9.17) is 4.74 Å². The third-order valence-electron chi connectivity index (χ3n) is 5.40. The Morgan fingerprint density at radius 3 is 2.10 bits per heavy atom. The third kappa shape index (κ3) is 1.95. The van der Waals surface area contributed by atoms with Crippen LogP contribution in [0.3, 0.4) is 0 Å². The summed E-state index contributed by atoms with van der Waals surface area (Å²) in [5, 5.41) is 0. The standard InChI is InChI=1S/C14H16F6O/c1-2-11-5-8-3-9(6-11)12(13(15,16)17,14(18,19)20)21-10(4-8)7-11/h2,8-10H,1,3-7H2. The number of hydrogen-bond acceptors (Lipinski definition) is 1. The van der Waals surface area contributed by atoms with Gasteiger partial charge < -0.3 is 4.74 Å². The van der Waals surface area contributed by atoms with Crippen LogP contribution in [0.4, 0.5) is 26.3 Å². The van der Waals surface area contributed by atoms with Gasteiger partial charge in [-0.25, -0.2) is 0 Å². The van der Waals surface area contributed by atoms with E-state index in [0.29, 0.717) is 6.42 Å². The lowest BCUT2D eigenvalue weighted by atomic mass is 9.57. The Hall–Kier alpha value is -0.720. The molecule has 0 spiro atoms. The van der Waals surface area contributed by atoms with Crippen LogP contribution in [0.1, 0.15) is 32.1 Å². The van der Waals surface area contributed by atoms with Gasteiger partial charge in [0.05, 0.1) is 6.10 Å². The topological polar surface area (TPSA) is 9.23 Å². The Bertz CT molecular complexity index is 439. The van der Waals surface area contributed by atoms with Crippen LogP contribution in [0.15, 0.2) is 12.7 Å². The molecule has 7 heteroatoms. The van der Waals surface area contributed by atoms with Gasteiger partial charge in [-0.05, 0) is 43.4 Å². The molecule has 0 aromatic heterocycles. The molecule has 4 atom stereocenters. The van der Waals surface area contributed by atoms with E-state index in [9.17, 15) is 26.3 Å². The average Bonchev–Trinajstić information content (AvgIpc) is 2.49. The second-order valence-electron chi connectivity index (χ2n) is 6.68. The van der Waals surface area contributed by atoms with Gasteiger partial charge in [0.2, 0.25) is 0 Å². The molecule has 2 heterocycles. The normalized spacial score (nSPS) is 41.9. The van der Waals surface area contributed by atoms with Crippen LogP contribution in [0.5, 0.6) is 0 Å². The highest BCUT2D eigenvalue weighted by Crippen LogP contribution is 2.64. The van der Waals surface area contributed by atoms with Crippen molar-refractivity contribution in [1.82, 2.24) is 0 Å². The van der Waals surface area contributed by atoms with Crippen molar-refractivity contribution in [2.45, 2.75) is 56.2 Å². The molecule has 1 nitrogen and oxygen atoms in total. The molecule has 2 saturated carbocycles. The molecule has 0 aromatic carbocycles. The second-order valence-corrected chi connectivity index (χ2v) is 6.68. The Labute approximate surface area is 118 Å². The van der Waals surface area contributed by atoms with E-state index in [1.165, 1.54) is 0 Å². The lowest BCUT2D eigenvalue weighted by molar-refractivity contribution is -0.401. The molecule has 0 amide bonds. The van der Waals surface area contributed by atoms with E-state index in [1.54, 1.807) is 6.08 Å². The van der Waals surface area contributed by atoms with Crippen molar-refractivity contribution >= 4 is 0 Å². The summed E-state index contributed by atoms with van der Waals surface area (Å²) in [6.07, 6.45) is -9.50. The fraction of sp³-hybridized carbons (Fsp3) is 0.857. The Kier molecular flexibility index (Phi) is 3.02. The van der Waals surface area contributed by atoms with Crippen LogP contribution in [0, 0.1) is 17.3 Å². The van der Waals surface area contributed by atoms with Crippen LogP contribution >= 0.6 is 0 Å². The lowest BCUT2D eigenvalue weighted by Gasteiger charge is -2.47. The predicted octanol–water partition coefficient (Wildman–Crippen LogP) is 4.63. The maximum Gasteiger partial charge on any atom is 0.426 e. The highest BCUT2D eigenvalue weighted by Gasteiger charge is 2.78. The van der Waals surface area contributed by atoms with Crippen molar-refractivity contribution in [1.29, 1.82) is 0 Å². The SMILES string of the molecule is C=CC12CC3CC(C1)OC(C(F)(F)F)(C(F)(F)F)C(C3)C2. The summed E-state index contributed by atoms with van der Waals surface area (Å²) in [5.74, 6) is -1.73. The molecule has 4 rings (SSSR count). The number of hydrogen-bond donors (Lipinski definition) is 0. The van der Waals surface area contributed by atoms with Crippen LogP contribution in [0.2, 0.25) is 0 Å². The monoisotopic (exact) mass is 314 g/mol. The highest BCUT2D eigenvalue weighted by molar-refractivity contribution is 5.15. The first kappa shape index (κ1) is 15.2. The second kappa shape index (κ2) is 4.18. The van der Waals surface area contributed by atoms with Gasteiger partial charge in [-0.1, -0.05) is 6.08 Å². The Morgan fingerprint density at radius 2 is 1.57 bits per heavy atom. The number of fused-ring (bicyclic) bond motifs is 1. The van der Waals surface area contributed by atoms with Gasteiger partial charge in [0.1, 0.15) is 0 Å². The first-order valence-electron chi connectivity index (χ1n) is 6.98. The first-order chi connectivity index (χ1) is 9.53. The van der Waals surface area contributed by atoms with Gasteiger partial charge in [0.15, 0.2) is 0 Å². The molecule has 120 valence electrons.